The van der Waals surface area contributed by atoms with E-state index in [2.05, 4.69) is 10.2 Å². The molecule has 0 radical (unpaired) electrons. The fraction of sp³-hybridized carbons (Fsp3) is 0.273. The van der Waals surface area contributed by atoms with E-state index in [1.807, 2.05) is 11.0 Å². The number of halogens is 1. The van der Waals surface area contributed by atoms with Gasteiger partial charge in [0, 0.05) is 36.6 Å². The molecule has 1 amide bonds. The molecule has 1 N–H and O–H groups in total. The van der Waals surface area contributed by atoms with Crippen LogP contribution in [0.2, 0.25) is 5.02 Å². The fourth-order valence-corrected chi connectivity index (χ4v) is 4.13. The molecular weight excluding hydrogens is 420 g/mol. The molecule has 3 aromatic rings. The van der Waals surface area contributed by atoms with Crippen LogP contribution < -0.4 is 5.56 Å². The molecule has 0 bridgehead atoms. The average molecular weight is 441 g/mol. The Kier molecular flexibility index (Phi) is 6.01. The van der Waals surface area contributed by atoms with Crippen molar-refractivity contribution in [2.75, 3.05) is 33.3 Å². The number of H-pyrrole nitrogens is 1. The number of methoxy groups -OCH3 is 1. The van der Waals surface area contributed by atoms with Crippen LogP contribution in [0.3, 0.4) is 0 Å². The van der Waals surface area contributed by atoms with Gasteiger partial charge < -0.3 is 9.64 Å². The maximum absolute atomic E-state index is 13.1. The molecule has 31 heavy (non-hydrogen) atoms. The predicted octanol–water partition coefficient (Wildman–Crippen LogP) is 2.25. The summed E-state index contributed by atoms with van der Waals surface area (Å²) in [5.41, 5.74) is 0.543. The molecule has 4 rings (SSSR count). The summed E-state index contributed by atoms with van der Waals surface area (Å²) in [5.74, 6) is -0.666. The molecule has 160 valence electrons. The Morgan fingerprint density at radius 3 is 2.35 bits per heavy atom. The van der Waals surface area contributed by atoms with Crippen LogP contribution in [-0.4, -0.2) is 65.2 Å². The van der Waals surface area contributed by atoms with E-state index in [1.165, 1.54) is 7.11 Å². The second-order valence-corrected chi connectivity index (χ2v) is 7.63. The number of hydrogen-bond acceptors (Lipinski definition) is 6. The number of carbonyl (C=O) groups is 2. The molecule has 1 fully saturated rings. The highest BCUT2D eigenvalue weighted by Gasteiger charge is 2.34. The Morgan fingerprint density at radius 1 is 1.03 bits per heavy atom. The van der Waals surface area contributed by atoms with Crippen molar-refractivity contribution < 1.29 is 14.3 Å². The number of benzene rings is 2. The van der Waals surface area contributed by atoms with Crippen molar-refractivity contribution in [3.63, 3.8) is 0 Å². The molecule has 2 heterocycles. The van der Waals surface area contributed by atoms with Gasteiger partial charge in [-0.25, -0.2) is 9.89 Å². The van der Waals surface area contributed by atoms with Crippen LogP contribution >= 0.6 is 11.6 Å². The highest BCUT2D eigenvalue weighted by atomic mass is 35.5. The van der Waals surface area contributed by atoms with Gasteiger partial charge in [-0.3, -0.25) is 14.5 Å². The highest BCUT2D eigenvalue weighted by molar-refractivity contribution is 6.31. The van der Waals surface area contributed by atoms with E-state index < -0.39 is 12.0 Å². The summed E-state index contributed by atoms with van der Waals surface area (Å²) in [6.45, 7) is 1.70. The van der Waals surface area contributed by atoms with Crippen LogP contribution in [0.25, 0.3) is 10.8 Å². The first kappa shape index (κ1) is 21.0. The van der Waals surface area contributed by atoms with Gasteiger partial charge in [0.05, 0.1) is 12.5 Å². The molecular formula is C22H21ClN4O4. The molecule has 1 aromatic heterocycles. The molecule has 1 unspecified atom stereocenters. The van der Waals surface area contributed by atoms with Gasteiger partial charge in [0.2, 0.25) is 0 Å². The molecule has 0 spiro atoms. The number of amides is 1. The second kappa shape index (κ2) is 8.87. The second-order valence-electron chi connectivity index (χ2n) is 7.22. The molecule has 8 nitrogen and oxygen atoms in total. The Bertz CT molecular complexity index is 1190. The first-order chi connectivity index (χ1) is 15.0. The monoisotopic (exact) mass is 440 g/mol. The molecule has 1 atom stereocenters. The van der Waals surface area contributed by atoms with Crippen molar-refractivity contribution >= 4 is 34.2 Å². The average Bonchev–Trinajstić information content (AvgIpc) is 2.81. The van der Waals surface area contributed by atoms with E-state index in [1.54, 1.807) is 47.4 Å². The zero-order valence-corrected chi connectivity index (χ0v) is 17.6. The van der Waals surface area contributed by atoms with Crippen LogP contribution in [0.15, 0.2) is 53.3 Å². The normalized spacial score (nSPS) is 15.6. The highest BCUT2D eigenvalue weighted by Crippen LogP contribution is 2.29. The fourth-order valence-electron chi connectivity index (χ4n) is 3.89. The summed E-state index contributed by atoms with van der Waals surface area (Å²) in [7, 11) is 1.35. The van der Waals surface area contributed by atoms with E-state index >= 15 is 0 Å². The van der Waals surface area contributed by atoms with Gasteiger partial charge in [0.1, 0.15) is 6.04 Å². The summed E-state index contributed by atoms with van der Waals surface area (Å²) >= 11 is 6.33. The van der Waals surface area contributed by atoms with E-state index in [0.717, 1.165) is 0 Å². The maximum atomic E-state index is 13.1. The minimum Gasteiger partial charge on any atom is -0.468 e. The maximum Gasteiger partial charge on any atom is 0.327 e. The van der Waals surface area contributed by atoms with E-state index in [4.69, 9.17) is 16.3 Å². The Hall–Kier alpha value is -3.23. The molecule has 2 aromatic carbocycles. The Labute approximate surface area is 183 Å². The number of aromatic nitrogens is 2. The third-order valence-electron chi connectivity index (χ3n) is 5.49. The van der Waals surface area contributed by atoms with Crippen molar-refractivity contribution in [2.24, 2.45) is 0 Å². The smallest absolute Gasteiger partial charge is 0.327 e. The van der Waals surface area contributed by atoms with Crippen molar-refractivity contribution in [3.8, 4) is 0 Å². The SMILES string of the molecule is COC(=O)C(c1ccccc1Cl)N1CCN(C(=O)c2n[nH]c(=O)c3ccccc23)CC1. The quantitative estimate of drug-likeness (QED) is 0.625. The van der Waals surface area contributed by atoms with Crippen molar-refractivity contribution in [2.45, 2.75) is 6.04 Å². The summed E-state index contributed by atoms with van der Waals surface area (Å²) in [6.07, 6.45) is 0. The van der Waals surface area contributed by atoms with Crippen molar-refractivity contribution in [1.29, 1.82) is 0 Å². The largest absolute Gasteiger partial charge is 0.468 e. The number of nitrogens with one attached hydrogen (secondary N) is 1. The zero-order chi connectivity index (χ0) is 22.0. The third-order valence-corrected chi connectivity index (χ3v) is 5.83. The number of fused-ring (bicyclic) bond motifs is 1. The van der Waals surface area contributed by atoms with Crippen LogP contribution in [0, 0.1) is 0 Å². The van der Waals surface area contributed by atoms with Crippen LogP contribution in [-0.2, 0) is 9.53 Å². The zero-order valence-electron chi connectivity index (χ0n) is 16.9. The number of piperazine rings is 1. The van der Waals surface area contributed by atoms with E-state index in [-0.39, 0.29) is 17.2 Å². The topological polar surface area (TPSA) is 95.6 Å². The molecule has 1 aliphatic rings. The van der Waals surface area contributed by atoms with Crippen molar-refractivity contribution in [1.82, 2.24) is 20.0 Å². The number of hydrogen-bond donors (Lipinski definition) is 1. The van der Waals surface area contributed by atoms with Gasteiger partial charge in [0.15, 0.2) is 5.69 Å². The van der Waals surface area contributed by atoms with Crippen LogP contribution in [0.4, 0.5) is 0 Å². The molecule has 1 aliphatic heterocycles. The lowest BCUT2D eigenvalue weighted by atomic mass is 10.0. The number of nitrogens with zero attached hydrogens (tertiary/aromatic N) is 3. The standard InChI is InChI=1S/C22H21ClN4O4/c1-31-22(30)19(16-8-4-5-9-17(16)23)26-10-12-27(13-11-26)21(29)18-14-6-2-3-7-15(14)20(28)25-24-18/h2-9,19H,10-13H2,1H3,(H,25,28). The molecule has 1 saturated heterocycles. The summed E-state index contributed by atoms with van der Waals surface area (Å²) in [4.78, 5) is 41.3. The van der Waals surface area contributed by atoms with Gasteiger partial charge in [0.25, 0.3) is 11.5 Å². The lowest BCUT2D eigenvalue weighted by Crippen LogP contribution is -2.51. The first-order valence-electron chi connectivity index (χ1n) is 9.84. The van der Waals surface area contributed by atoms with Gasteiger partial charge in [-0.15, -0.1) is 0 Å². The minimum absolute atomic E-state index is 0.208. The number of esters is 1. The summed E-state index contributed by atoms with van der Waals surface area (Å²) < 4.78 is 5.01. The summed E-state index contributed by atoms with van der Waals surface area (Å²) in [6, 6.07) is 13.4. The number of carbonyl (C=O) groups excluding carboxylic acids is 2. The number of ether oxygens (including phenoxy) is 1. The minimum atomic E-state index is -0.650. The molecule has 9 heteroatoms. The summed E-state index contributed by atoms with van der Waals surface area (Å²) in [5, 5.41) is 7.83. The van der Waals surface area contributed by atoms with Crippen LogP contribution in [0.1, 0.15) is 22.1 Å². The number of aromatic amines is 1. The molecule has 0 aliphatic carbocycles. The predicted molar refractivity (Wildman–Crippen MR) is 116 cm³/mol. The van der Waals surface area contributed by atoms with Gasteiger partial charge >= 0.3 is 5.97 Å². The number of rotatable bonds is 4. The Balaban J connectivity index is 1.55. The van der Waals surface area contributed by atoms with E-state index in [0.29, 0.717) is 47.5 Å². The van der Waals surface area contributed by atoms with E-state index in [9.17, 15) is 14.4 Å². The van der Waals surface area contributed by atoms with Gasteiger partial charge in [-0.2, -0.15) is 5.10 Å². The molecule has 0 saturated carbocycles. The van der Waals surface area contributed by atoms with Crippen LogP contribution in [0.5, 0.6) is 0 Å². The first-order valence-corrected chi connectivity index (χ1v) is 10.2. The van der Waals surface area contributed by atoms with Gasteiger partial charge in [-0.05, 0) is 17.7 Å². The van der Waals surface area contributed by atoms with Gasteiger partial charge in [-0.1, -0.05) is 48.0 Å². The third kappa shape index (κ3) is 4.04. The lowest BCUT2D eigenvalue weighted by molar-refractivity contribution is -0.148. The lowest BCUT2D eigenvalue weighted by Gasteiger charge is -2.38. The van der Waals surface area contributed by atoms with Crippen molar-refractivity contribution in [3.05, 3.63) is 75.2 Å². The Morgan fingerprint density at radius 2 is 1.68 bits per heavy atom.